The molecule has 0 amide bonds. The summed E-state index contributed by atoms with van der Waals surface area (Å²) in [6.07, 6.45) is 0.963. The van der Waals surface area contributed by atoms with Gasteiger partial charge in [-0.05, 0) is 30.5 Å². The summed E-state index contributed by atoms with van der Waals surface area (Å²) in [4.78, 5) is 11.9. The molecule has 0 fully saturated rings. The second kappa shape index (κ2) is 7.15. The molecule has 25 heavy (non-hydrogen) atoms. The number of esters is 1. The van der Waals surface area contributed by atoms with E-state index in [2.05, 4.69) is 0 Å². The Morgan fingerprint density at radius 2 is 1.80 bits per heavy atom. The molecule has 0 aliphatic heterocycles. The molecule has 0 heterocycles. The Hall–Kier alpha value is -2.53. The number of aliphatic hydroxyl groups is 1. The molecule has 0 bridgehead atoms. The fourth-order valence-corrected chi connectivity index (χ4v) is 3.26. The smallest absolute Gasteiger partial charge is 0.338 e. The fourth-order valence-electron chi connectivity index (χ4n) is 3.26. The molecule has 0 saturated carbocycles. The number of carbonyl (C=O) groups is 1. The third-order valence-corrected chi connectivity index (χ3v) is 4.63. The first-order chi connectivity index (χ1) is 12.1. The van der Waals surface area contributed by atoms with E-state index in [1.807, 2.05) is 42.5 Å². The molecule has 1 atom stereocenters. The lowest BCUT2D eigenvalue weighted by Crippen LogP contribution is -2.44. The lowest BCUT2D eigenvalue weighted by molar-refractivity contribution is -0.163. The van der Waals surface area contributed by atoms with Gasteiger partial charge in [-0.15, -0.1) is 0 Å². The van der Waals surface area contributed by atoms with Gasteiger partial charge in [0, 0.05) is 17.5 Å². The molecular formula is C20H22O5. The summed E-state index contributed by atoms with van der Waals surface area (Å²) in [6.45, 7) is 0.459. The number of hydrogen-bond acceptors (Lipinski definition) is 5. The molecule has 0 spiro atoms. The second-order valence-corrected chi connectivity index (χ2v) is 6.20. The maximum atomic E-state index is 11.9. The van der Waals surface area contributed by atoms with E-state index in [1.54, 1.807) is 7.11 Å². The van der Waals surface area contributed by atoms with E-state index in [1.165, 1.54) is 7.11 Å². The quantitative estimate of drug-likeness (QED) is 0.847. The number of rotatable bonds is 5. The minimum atomic E-state index is -1.52. The number of methoxy groups -OCH3 is 2. The molecule has 3 rings (SSSR count). The Labute approximate surface area is 147 Å². The highest BCUT2D eigenvalue weighted by Crippen LogP contribution is 2.40. The van der Waals surface area contributed by atoms with Crippen LogP contribution >= 0.6 is 0 Å². The molecule has 0 saturated heterocycles. The summed E-state index contributed by atoms with van der Waals surface area (Å²) in [5.74, 6) is 0.784. The SMILES string of the molecule is COC(=O)[C@@]1(O)CCc2c(OCc3ccccc3)ccc(OC)c2C1. The van der Waals surface area contributed by atoms with Crippen molar-refractivity contribution >= 4 is 5.97 Å². The van der Waals surface area contributed by atoms with Gasteiger partial charge in [-0.3, -0.25) is 0 Å². The van der Waals surface area contributed by atoms with E-state index in [0.29, 0.717) is 25.2 Å². The molecule has 1 N–H and O–H groups in total. The monoisotopic (exact) mass is 342 g/mol. The number of fused-ring (bicyclic) bond motifs is 1. The molecule has 2 aromatic carbocycles. The van der Waals surface area contributed by atoms with Crippen LogP contribution in [0.3, 0.4) is 0 Å². The maximum Gasteiger partial charge on any atom is 0.338 e. The average molecular weight is 342 g/mol. The highest BCUT2D eigenvalue weighted by Gasteiger charge is 2.42. The van der Waals surface area contributed by atoms with Gasteiger partial charge in [-0.2, -0.15) is 0 Å². The summed E-state index contributed by atoms with van der Waals surface area (Å²) in [5, 5.41) is 10.6. The molecule has 2 aromatic rings. The molecule has 1 aliphatic rings. The van der Waals surface area contributed by atoms with Crippen molar-refractivity contribution in [3.8, 4) is 11.5 Å². The third-order valence-electron chi connectivity index (χ3n) is 4.63. The van der Waals surface area contributed by atoms with Crippen LogP contribution in [0.1, 0.15) is 23.1 Å². The molecule has 1 aliphatic carbocycles. The first-order valence-electron chi connectivity index (χ1n) is 8.23. The largest absolute Gasteiger partial charge is 0.496 e. The third kappa shape index (κ3) is 3.46. The molecule has 0 unspecified atom stereocenters. The Kier molecular flexibility index (Phi) is 4.95. The van der Waals surface area contributed by atoms with Crippen molar-refractivity contribution < 1.29 is 24.1 Å². The Morgan fingerprint density at radius 1 is 1.08 bits per heavy atom. The Bertz CT molecular complexity index is 756. The summed E-state index contributed by atoms with van der Waals surface area (Å²) in [7, 11) is 2.86. The van der Waals surface area contributed by atoms with Gasteiger partial charge in [0.25, 0.3) is 0 Å². The van der Waals surface area contributed by atoms with E-state index in [9.17, 15) is 9.90 Å². The highest BCUT2D eigenvalue weighted by molar-refractivity contribution is 5.80. The predicted octanol–water partition coefficient (Wildman–Crippen LogP) is 2.67. The van der Waals surface area contributed by atoms with E-state index >= 15 is 0 Å². The number of hydrogen-bond donors (Lipinski definition) is 1. The zero-order valence-corrected chi connectivity index (χ0v) is 14.5. The number of carbonyl (C=O) groups excluding carboxylic acids is 1. The molecule has 5 heteroatoms. The molecule has 5 nitrogen and oxygen atoms in total. The van der Waals surface area contributed by atoms with Crippen molar-refractivity contribution in [2.45, 2.75) is 31.5 Å². The van der Waals surface area contributed by atoms with Gasteiger partial charge in [0.2, 0.25) is 0 Å². The fraction of sp³-hybridized carbons (Fsp3) is 0.350. The van der Waals surface area contributed by atoms with Crippen LogP contribution in [0.2, 0.25) is 0 Å². The van der Waals surface area contributed by atoms with Gasteiger partial charge in [0.05, 0.1) is 14.2 Å². The zero-order chi connectivity index (χ0) is 17.9. The van der Waals surface area contributed by atoms with E-state index < -0.39 is 11.6 Å². The summed E-state index contributed by atoms with van der Waals surface area (Å²) < 4.78 is 16.2. The predicted molar refractivity (Wildman–Crippen MR) is 92.8 cm³/mol. The van der Waals surface area contributed by atoms with E-state index in [-0.39, 0.29) is 6.42 Å². The highest BCUT2D eigenvalue weighted by atomic mass is 16.5. The van der Waals surface area contributed by atoms with Gasteiger partial charge in [0.15, 0.2) is 5.60 Å². The number of ether oxygens (including phenoxy) is 3. The van der Waals surface area contributed by atoms with E-state index in [4.69, 9.17) is 14.2 Å². The van der Waals surface area contributed by atoms with Crippen LogP contribution in [0.5, 0.6) is 11.5 Å². The van der Waals surface area contributed by atoms with Gasteiger partial charge < -0.3 is 19.3 Å². The van der Waals surface area contributed by atoms with Gasteiger partial charge >= 0.3 is 5.97 Å². The lowest BCUT2D eigenvalue weighted by Gasteiger charge is -2.32. The van der Waals surface area contributed by atoms with Crippen molar-refractivity contribution in [3.63, 3.8) is 0 Å². The molecule has 0 radical (unpaired) electrons. The van der Waals surface area contributed by atoms with Gasteiger partial charge in [-0.25, -0.2) is 4.79 Å². The van der Waals surface area contributed by atoms with Crippen LogP contribution in [-0.2, 0) is 29.0 Å². The van der Waals surface area contributed by atoms with Crippen molar-refractivity contribution in [1.29, 1.82) is 0 Å². The van der Waals surface area contributed by atoms with Crippen LogP contribution < -0.4 is 9.47 Å². The summed E-state index contributed by atoms with van der Waals surface area (Å²) >= 11 is 0. The Morgan fingerprint density at radius 3 is 2.48 bits per heavy atom. The zero-order valence-electron chi connectivity index (χ0n) is 14.5. The van der Waals surface area contributed by atoms with Crippen molar-refractivity contribution in [3.05, 3.63) is 59.2 Å². The average Bonchev–Trinajstić information content (AvgIpc) is 2.66. The summed E-state index contributed by atoms with van der Waals surface area (Å²) in [6, 6.07) is 13.6. The van der Waals surface area contributed by atoms with Crippen LogP contribution in [0.15, 0.2) is 42.5 Å². The lowest BCUT2D eigenvalue weighted by atomic mass is 9.79. The Balaban J connectivity index is 1.88. The molecule has 0 aromatic heterocycles. The number of benzene rings is 2. The first kappa shape index (κ1) is 17.3. The minimum absolute atomic E-state index is 0.153. The van der Waals surface area contributed by atoms with Gasteiger partial charge in [-0.1, -0.05) is 30.3 Å². The normalized spacial score (nSPS) is 19.0. The standard InChI is InChI=1S/C20H22O5/c1-23-17-8-9-18(25-13-14-6-4-3-5-7-14)15-10-11-20(22,12-16(15)17)19(21)24-2/h3-9,22H,10-13H2,1-2H3/t20-/m1/s1. The summed E-state index contributed by atoms with van der Waals surface area (Å²) in [5.41, 5.74) is 1.33. The molecular weight excluding hydrogens is 320 g/mol. The van der Waals surface area contributed by atoms with Crippen LogP contribution in [0.4, 0.5) is 0 Å². The van der Waals surface area contributed by atoms with Crippen LogP contribution in [0.25, 0.3) is 0 Å². The van der Waals surface area contributed by atoms with Gasteiger partial charge in [0.1, 0.15) is 18.1 Å². The van der Waals surface area contributed by atoms with Crippen molar-refractivity contribution in [2.75, 3.05) is 14.2 Å². The van der Waals surface area contributed by atoms with E-state index in [0.717, 1.165) is 22.4 Å². The van der Waals surface area contributed by atoms with Crippen LogP contribution in [0, 0.1) is 0 Å². The van der Waals surface area contributed by atoms with Crippen molar-refractivity contribution in [2.24, 2.45) is 0 Å². The van der Waals surface area contributed by atoms with Crippen molar-refractivity contribution in [1.82, 2.24) is 0 Å². The maximum absolute atomic E-state index is 11.9. The first-order valence-corrected chi connectivity index (χ1v) is 8.23. The second-order valence-electron chi connectivity index (χ2n) is 6.20. The topological polar surface area (TPSA) is 65.0 Å². The molecule has 132 valence electrons. The van der Waals surface area contributed by atoms with Crippen LogP contribution in [-0.4, -0.2) is 30.9 Å². The minimum Gasteiger partial charge on any atom is -0.496 e.